The van der Waals surface area contributed by atoms with E-state index in [0.717, 1.165) is 0 Å². The zero-order valence-corrected chi connectivity index (χ0v) is 9.23. The van der Waals surface area contributed by atoms with E-state index >= 15 is 0 Å². The number of carboxylic acids is 1. The lowest BCUT2D eigenvalue weighted by molar-refractivity contribution is -0.142. The van der Waals surface area contributed by atoms with E-state index in [1.807, 2.05) is 0 Å². The van der Waals surface area contributed by atoms with Gasteiger partial charge in [0.25, 0.3) is 5.92 Å². The Morgan fingerprint density at radius 1 is 1.33 bits per heavy atom. The molecule has 1 aromatic heterocycles. The number of pyridine rings is 1. The Hall–Kier alpha value is -2.04. The number of para-hydroxylation sites is 1. The fourth-order valence-electron chi connectivity index (χ4n) is 2.26. The monoisotopic (exact) mass is 249 g/mol. The van der Waals surface area contributed by atoms with Crippen molar-refractivity contribution in [1.82, 2.24) is 4.98 Å². The number of halogens is 2. The van der Waals surface area contributed by atoms with E-state index in [9.17, 15) is 13.6 Å². The van der Waals surface area contributed by atoms with Gasteiger partial charge in [0.1, 0.15) is 0 Å². The number of aromatic nitrogens is 1. The molecule has 0 radical (unpaired) electrons. The molecule has 3 rings (SSSR count). The third kappa shape index (κ3) is 1.27. The molecule has 1 saturated carbocycles. The van der Waals surface area contributed by atoms with Gasteiger partial charge in [-0.2, -0.15) is 0 Å². The average Bonchev–Trinajstić information content (AvgIpc) is 2.93. The standard InChI is InChI=1S/C13H9F2NO2/c14-13(15)7-12(13,11(17)18)9-5-8-3-1-2-4-10(8)16-6-9/h1-6H,7H2,(H,17,18). The Bertz CT molecular complexity index is 656. The highest BCUT2D eigenvalue weighted by Crippen LogP contribution is 2.61. The molecule has 2 aromatic rings. The van der Waals surface area contributed by atoms with E-state index in [2.05, 4.69) is 4.98 Å². The summed E-state index contributed by atoms with van der Waals surface area (Å²) in [6.07, 6.45) is 0.576. The van der Waals surface area contributed by atoms with Gasteiger partial charge in [0.15, 0.2) is 5.41 Å². The molecule has 1 N–H and O–H groups in total. The summed E-state index contributed by atoms with van der Waals surface area (Å²) >= 11 is 0. The van der Waals surface area contributed by atoms with Gasteiger partial charge in [-0.15, -0.1) is 0 Å². The molecular weight excluding hydrogens is 240 g/mol. The Morgan fingerprint density at radius 3 is 2.61 bits per heavy atom. The first kappa shape index (κ1) is 11.1. The fourth-order valence-corrected chi connectivity index (χ4v) is 2.26. The number of rotatable bonds is 2. The van der Waals surface area contributed by atoms with Gasteiger partial charge in [-0.25, -0.2) is 8.78 Å². The van der Waals surface area contributed by atoms with Crippen molar-refractivity contribution in [1.29, 1.82) is 0 Å². The van der Waals surface area contributed by atoms with E-state index in [1.165, 1.54) is 12.3 Å². The van der Waals surface area contributed by atoms with E-state index in [1.54, 1.807) is 24.3 Å². The van der Waals surface area contributed by atoms with Crippen LogP contribution in [0.3, 0.4) is 0 Å². The SMILES string of the molecule is O=C(O)C1(c2cnc3ccccc3c2)CC1(F)F. The van der Waals surface area contributed by atoms with Crippen LogP contribution in [0.2, 0.25) is 0 Å². The minimum Gasteiger partial charge on any atom is -0.480 e. The predicted molar refractivity (Wildman–Crippen MR) is 60.6 cm³/mol. The second-order valence-electron chi connectivity index (χ2n) is 4.51. The molecule has 0 amide bonds. The highest BCUT2D eigenvalue weighted by atomic mass is 19.3. The summed E-state index contributed by atoms with van der Waals surface area (Å²) in [5.41, 5.74) is -1.37. The highest BCUT2D eigenvalue weighted by molar-refractivity contribution is 5.89. The molecule has 1 aliphatic rings. The molecule has 1 heterocycles. The van der Waals surface area contributed by atoms with Gasteiger partial charge in [0, 0.05) is 18.0 Å². The Morgan fingerprint density at radius 2 is 2.00 bits per heavy atom. The second kappa shape index (κ2) is 3.25. The molecule has 1 atom stereocenters. The van der Waals surface area contributed by atoms with Gasteiger partial charge < -0.3 is 5.11 Å². The molecule has 1 fully saturated rings. The zero-order valence-electron chi connectivity index (χ0n) is 9.23. The zero-order chi connectivity index (χ0) is 13.0. The molecule has 5 heteroatoms. The number of nitrogens with zero attached hydrogens (tertiary/aromatic N) is 1. The van der Waals surface area contributed by atoms with Crippen LogP contribution >= 0.6 is 0 Å². The smallest absolute Gasteiger partial charge is 0.320 e. The van der Waals surface area contributed by atoms with Crippen LogP contribution in [0.25, 0.3) is 10.9 Å². The van der Waals surface area contributed by atoms with Gasteiger partial charge in [-0.05, 0) is 17.7 Å². The first-order chi connectivity index (χ1) is 8.47. The van der Waals surface area contributed by atoms with Crippen molar-refractivity contribution < 1.29 is 18.7 Å². The number of hydrogen-bond donors (Lipinski definition) is 1. The van der Waals surface area contributed by atoms with Gasteiger partial charge in [-0.3, -0.25) is 9.78 Å². The first-order valence-corrected chi connectivity index (χ1v) is 5.44. The molecule has 0 spiro atoms. The molecule has 0 aliphatic heterocycles. The number of carbonyl (C=O) groups is 1. The number of alkyl halides is 2. The van der Waals surface area contributed by atoms with Crippen molar-refractivity contribution in [2.24, 2.45) is 0 Å². The van der Waals surface area contributed by atoms with Gasteiger partial charge >= 0.3 is 5.97 Å². The van der Waals surface area contributed by atoms with Crippen molar-refractivity contribution >= 4 is 16.9 Å². The van der Waals surface area contributed by atoms with E-state index < -0.39 is 23.7 Å². The summed E-state index contributed by atoms with van der Waals surface area (Å²) in [5.74, 6) is -4.69. The molecule has 92 valence electrons. The maximum absolute atomic E-state index is 13.4. The summed E-state index contributed by atoms with van der Waals surface area (Å²) in [4.78, 5) is 15.2. The van der Waals surface area contributed by atoms with Gasteiger partial charge in [-0.1, -0.05) is 18.2 Å². The number of benzene rings is 1. The lowest BCUT2D eigenvalue weighted by Crippen LogP contribution is -2.27. The quantitative estimate of drug-likeness (QED) is 0.890. The molecule has 18 heavy (non-hydrogen) atoms. The molecule has 3 nitrogen and oxygen atoms in total. The van der Waals surface area contributed by atoms with Crippen molar-refractivity contribution in [3.63, 3.8) is 0 Å². The van der Waals surface area contributed by atoms with Crippen LogP contribution in [0, 0.1) is 0 Å². The minimum absolute atomic E-state index is 0.0682. The highest BCUT2D eigenvalue weighted by Gasteiger charge is 2.77. The van der Waals surface area contributed by atoms with Crippen molar-refractivity contribution in [2.45, 2.75) is 17.8 Å². The Kier molecular flexibility index (Phi) is 2.00. The average molecular weight is 249 g/mol. The molecule has 1 aromatic carbocycles. The summed E-state index contributed by atoms with van der Waals surface area (Å²) in [5, 5.41) is 9.72. The lowest BCUT2D eigenvalue weighted by Gasteiger charge is -2.11. The maximum atomic E-state index is 13.4. The third-order valence-corrected chi connectivity index (χ3v) is 3.43. The molecule has 1 unspecified atom stereocenters. The Balaban J connectivity index is 2.18. The fraction of sp³-hybridized carbons (Fsp3) is 0.231. The van der Waals surface area contributed by atoms with Crippen LogP contribution < -0.4 is 0 Å². The van der Waals surface area contributed by atoms with Crippen LogP contribution in [0.5, 0.6) is 0 Å². The summed E-state index contributed by atoms with van der Waals surface area (Å²) in [7, 11) is 0. The Labute approximate surface area is 101 Å². The largest absolute Gasteiger partial charge is 0.480 e. The third-order valence-electron chi connectivity index (χ3n) is 3.43. The molecule has 0 saturated heterocycles. The second-order valence-corrected chi connectivity index (χ2v) is 4.51. The van der Waals surface area contributed by atoms with Crippen LogP contribution in [-0.2, 0) is 10.2 Å². The molecule has 0 bridgehead atoms. The van der Waals surface area contributed by atoms with Crippen LogP contribution in [-0.4, -0.2) is 22.0 Å². The first-order valence-electron chi connectivity index (χ1n) is 5.44. The van der Waals surface area contributed by atoms with E-state index in [-0.39, 0.29) is 5.56 Å². The number of aliphatic carboxylic acids is 1. The topological polar surface area (TPSA) is 50.2 Å². The van der Waals surface area contributed by atoms with Crippen molar-refractivity contribution in [3.05, 3.63) is 42.1 Å². The summed E-state index contributed by atoms with van der Waals surface area (Å²) < 4.78 is 26.8. The van der Waals surface area contributed by atoms with E-state index in [0.29, 0.717) is 10.9 Å². The van der Waals surface area contributed by atoms with Gasteiger partial charge in [0.2, 0.25) is 0 Å². The van der Waals surface area contributed by atoms with Crippen LogP contribution in [0.1, 0.15) is 12.0 Å². The number of fused-ring (bicyclic) bond motifs is 1. The predicted octanol–water partition coefficient (Wildman–Crippen LogP) is 2.60. The number of carboxylic acid groups (broad SMARTS) is 1. The van der Waals surface area contributed by atoms with E-state index in [4.69, 9.17) is 5.11 Å². The summed E-state index contributed by atoms with van der Waals surface area (Å²) in [6.45, 7) is 0. The minimum atomic E-state index is -3.19. The summed E-state index contributed by atoms with van der Waals surface area (Å²) in [6, 6.07) is 8.50. The van der Waals surface area contributed by atoms with Crippen LogP contribution in [0.15, 0.2) is 36.5 Å². The lowest BCUT2D eigenvalue weighted by atomic mass is 9.96. The van der Waals surface area contributed by atoms with Crippen molar-refractivity contribution in [2.75, 3.05) is 0 Å². The van der Waals surface area contributed by atoms with Gasteiger partial charge in [0.05, 0.1) is 5.52 Å². The maximum Gasteiger partial charge on any atom is 0.320 e. The normalized spacial score (nSPS) is 25.0. The molecular formula is C13H9F2NO2. The van der Waals surface area contributed by atoms with Crippen LogP contribution in [0.4, 0.5) is 8.78 Å². The molecule has 1 aliphatic carbocycles. The van der Waals surface area contributed by atoms with Crippen molar-refractivity contribution in [3.8, 4) is 0 Å². The number of hydrogen-bond acceptors (Lipinski definition) is 2.